The summed E-state index contributed by atoms with van der Waals surface area (Å²) in [4.78, 5) is 0. The molecule has 1 aromatic carbocycles. The van der Waals surface area contributed by atoms with Crippen LogP contribution in [0.4, 0.5) is 0 Å². The molecule has 1 heterocycles. The Balaban J connectivity index is 2.17. The average Bonchev–Trinajstić information content (AvgIpc) is 2.30. The molecular formula is C13H16O. The van der Waals surface area contributed by atoms with Gasteiger partial charge < -0.3 is 4.74 Å². The summed E-state index contributed by atoms with van der Waals surface area (Å²) in [6.07, 6.45) is 5.83. The highest BCUT2D eigenvalue weighted by molar-refractivity contribution is 5.48. The molecule has 0 radical (unpaired) electrons. The Kier molecular flexibility index (Phi) is 3.00. The van der Waals surface area contributed by atoms with Crippen LogP contribution in [0.3, 0.4) is 0 Å². The molecule has 1 atom stereocenters. The zero-order valence-corrected chi connectivity index (χ0v) is 8.41. The standard InChI is InChI=1S/C13H16O/c1-2-11-6-5-7-12(10-11)13-8-3-4-9-14-13/h2,5-7,10,13H,1,3-4,8-9H2. The van der Waals surface area contributed by atoms with Crippen LogP contribution in [0.25, 0.3) is 6.08 Å². The van der Waals surface area contributed by atoms with Gasteiger partial charge in [0.25, 0.3) is 0 Å². The molecule has 1 aromatic rings. The molecule has 1 fully saturated rings. The third kappa shape index (κ3) is 2.05. The van der Waals surface area contributed by atoms with Crippen molar-refractivity contribution in [2.75, 3.05) is 6.61 Å². The maximum atomic E-state index is 5.73. The minimum absolute atomic E-state index is 0.309. The zero-order chi connectivity index (χ0) is 9.80. The monoisotopic (exact) mass is 188 g/mol. The molecule has 74 valence electrons. The lowest BCUT2D eigenvalue weighted by Gasteiger charge is -2.23. The number of ether oxygens (including phenoxy) is 1. The minimum Gasteiger partial charge on any atom is -0.374 e. The van der Waals surface area contributed by atoms with E-state index < -0.39 is 0 Å². The van der Waals surface area contributed by atoms with Crippen molar-refractivity contribution in [3.05, 3.63) is 42.0 Å². The summed E-state index contributed by atoms with van der Waals surface area (Å²) in [7, 11) is 0. The third-order valence-corrected chi connectivity index (χ3v) is 2.70. The second kappa shape index (κ2) is 4.43. The van der Waals surface area contributed by atoms with Gasteiger partial charge in [-0.2, -0.15) is 0 Å². The molecule has 1 nitrogen and oxygen atoms in total. The van der Waals surface area contributed by atoms with E-state index in [0.29, 0.717) is 6.10 Å². The summed E-state index contributed by atoms with van der Waals surface area (Å²) in [6.45, 7) is 4.68. The van der Waals surface area contributed by atoms with Gasteiger partial charge in [-0.25, -0.2) is 0 Å². The van der Waals surface area contributed by atoms with Crippen LogP contribution >= 0.6 is 0 Å². The van der Waals surface area contributed by atoms with Gasteiger partial charge in [-0.15, -0.1) is 0 Å². The number of rotatable bonds is 2. The lowest BCUT2D eigenvalue weighted by atomic mass is 10.00. The number of hydrogen-bond donors (Lipinski definition) is 0. The second-order valence-corrected chi connectivity index (χ2v) is 3.73. The molecule has 14 heavy (non-hydrogen) atoms. The number of hydrogen-bond acceptors (Lipinski definition) is 1. The van der Waals surface area contributed by atoms with Crippen molar-refractivity contribution in [3.8, 4) is 0 Å². The summed E-state index contributed by atoms with van der Waals surface area (Å²) in [6, 6.07) is 8.45. The van der Waals surface area contributed by atoms with Crippen molar-refractivity contribution >= 4 is 6.08 Å². The first-order chi connectivity index (χ1) is 6.90. The molecule has 0 spiro atoms. The molecule has 0 aliphatic carbocycles. The SMILES string of the molecule is C=Cc1cccc(C2CCCCO2)c1. The molecule has 1 unspecified atom stereocenters. The number of benzene rings is 1. The maximum absolute atomic E-state index is 5.73. The molecule has 0 N–H and O–H groups in total. The van der Waals surface area contributed by atoms with Gasteiger partial charge in [-0.1, -0.05) is 30.9 Å². The Hall–Kier alpha value is -1.08. The van der Waals surface area contributed by atoms with Gasteiger partial charge in [0.1, 0.15) is 0 Å². The fraction of sp³-hybridized carbons (Fsp3) is 0.385. The highest BCUT2D eigenvalue weighted by Gasteiger charge is 2.15. The van der Waals surface area contributed by atoms with E-state index in [9.17, 15) is 0 Å². The van der Waals surface area contributed by atoms with Crippen molar-refractivity contribution in [1.29, 1.82) is 0 Å². The fourth-order valence-corrected chi connectivity index (χ4v) is 1.89. The molecule has 0 bridgehead atoms. The Morgan fingerprint density at radius 2 is 2.29 bits per heavy atom. The lowest BCUT2D eigenvalue weighted by molar-refractivity contribution is 0.0149. The van der Waals surface area contributed by atoms with Crippen LogP contribution in [-0.4, -0.2) is 6.61 Å². The first-order valence-electron chi connectivity index (χ1n) is 5.24. The average molecular weight is 188 g/mol. The van der Waals surface area contributed by atoms with Crippen LogP contribution in [0, 0.1) is 0 Å². The van der Waals surface area contributed by atoms with Gasteiger partial charge >= 0.3 is 0 Å². The molecule has 1 aliphatic rings. The summed E-state index contributed by atoms with van der Waals surface area (Å²) < 4.78 is 5.73. The highest BCUT2D eigenvalue weighted by atomic mass is 16.5. The summed E-state index contributed by atoms with van der Waals surface area (Å²) in [5, 5.41) is 0. The molecule has 0 saturated carbocycles. The maximum Gasteiger partial charge on any atom is 0.0825 e. The van der Waals surface area contributed by atoms with E-state index in [1.807, 2.05) is 6.08 Å². The van der Waals surface area contributed by atoms with Crippen molar-refractivity contribution in [2.45, 2.75) is 25.4 Å². The van der Waals surface area contributed by atoms with Gasteiger partial charge in [0.2, 0.25) is 0 Å². The van der Waals surface area contributed by atoms with Gasteiger partial charge in [0, 0.05) is 6.61 Å². The van der Waals surface area contributed by atoms with Crippen LogP contribution in [0.2, 0.25) is 0 Å². The highest BCUT2D eigenvalue weighted by Crippen LogP contribution is 2.28. The van der Waals surface area contributed by atoms with Crippen molar-refractivity contribution in [2.24, 2.45) is 0 Å². The zero-order valence-electron chi connectivity index (χ0n) is 8.41. The van der Waals surface area contributed by atoms with E-state index in [4.69, 9.17) is 4.74 Å². The molecule has 2 rings (SSSR count). The molecular weight excluding hydrogens is 172 g/mol. The summed E-state index contributed by atoms with van der Waals surface area (Å²) in [5.41, 5.74) is 2.47. The van der Waals surface area contributed by atoms with Crippen LogP contribution in [0.5, 0.6) is 0 Å². The topological polar surface area (TPSA) is 9.23 Å². The first kappa shape index (κ1) is 9.47. The minimum atomic E-state index is 0.309. The van der Waals surface area contributed by atoms with Gasteiger partial charge in [-0.05, 0) is 36.5 Å². The first-order valence-corrected chi connectivity index (χ1v) is 5.24. The summed E-state index contributed by atoms with van der Waals surface area (Å²) >= 11 is 0. The molecule has 1 aliphatic heterocycles. The van der Waals surface area contributed by atoms with Gasteiger partial charge in [-0.3, -0.25) is 0 Å². The Morgan fingerprint density at radius 1 is 1.36 bits per heavy atom. The lowest BCUT2D eigenvalue weighted by Crippen LogP contribution is -2.11. The van der Waals surface area contributed by atoms with Crippen molar-refractivity contribution in [3.63, 3.8) is 0 Å². The molecule has 1 heteroatoms. The van der Waals surface area contributed by atoms with E-state index in [-0.39, 0.29) is 0 Å². The van der Waals surface area contributed by atoms with Crippen LogP contribution in [-0.2, 0) is 4.74 Å². The normalized spacial score (nSPS) is 21.9. The quantitative estimate of drug-likeness (QED) is 0.689. The largest absolute Gasteiger partial charge is 0.374 e. The molecule has 0 aromatic heterocycles. The van der Waals surface area contributed by atoms with E-state index in [1.165, 1.54) is 24.0 Å². The molecule has 0 amide bonds. The van der Waals surface area contributed by atoms with Crippen molar-refractivity contribution in [1.82, 2.24) is 0 Å². The van der Waals surface area contributed by atoms with Crippen LogP contribution in [0.1, 0.15) is 36.5 Å². The van der Waals surface area contributed by atoms with Gasteiger partial charge in [0.15, 0.2) is 0 Å². The van der Waals surface area contributed by atoms with E-state index in [1.54, 1.807) is 0 Å². The third-order valence-electron chi connectivity index (χ3n) is 2.70. The second-order valence-electron chi connectivity index (χ2n) is 3.73. The molecule has 1 saturated heterocycles. The summed E-state index contributed by atoms with van der Waals surface area (Å²) in [5.74, 6) is 0. The Labute approximate surface area is 85.4 Å². The Morgan fingerprint density at radius 3 is 3.00 bits per heavy atom. The van der Waals surface area contributed by atoms with E-state index >= 15 is 0 Å². The van der Waals surface area contributed by atoms with Crippen LogP contribution in [0.15, 0.2) is 30.8 Å². The van der Waals surface area contributed by atoms with E-state index in [0.717, 1.165) is 13.0 Å². The van der Waals surface area contributed by atoms with E-state index in [2.05, 4.69) is 30.8 Å². The van der Waals surface area contributed by atoms with Crippen LogP contribution < -0.4 is 0 Å². The predicted octanol–water partition coefficient (Wildman–Crippen LogP) is 3.57. The predicted molar refractivity (Wildman–Crippen MR) is 59.1 cm³/mol. The smallest absolute Gasteiger partial charge is 0.0825 e. The van der Waals surface area contributed by atoms with Crippen molar-refractivity contribution < 1.29 is 4.74 Å². The fourth-order valence-electron chi connectivity index (χ4n) is 1.89. The van der Waals surface area contributed by atoms with Gasteiger partial charge in [0.05, 0.1) is 6.10 Å². The Bertz CT molecular complexity index is 311.